The molecule has 0 unspecified atom stereocenters. The Bertz CT molecular complexity index is 701. The summed E-state index contributed by atoms with van der Waals surface area (Å²) >= 11 is 0. The van der Waals surface area contributed by atoms with Gasteiger partial charge in [0.1, 0.15) is 5.75 Å². The van der Waals surface area contributed by atoms with Crippen molar-refractivity contribution in [2.75, 3.05) is 0 Å². The zero-order chi connectivity index (χ0) is 22.9. The summed E-state index contributed by atoms with van der Waals surface area (Å²) in [7, 11) is 0. The highest BCUT2D eigenvalue weighted by molar-refractivity contribution is 5.76. The molecule has 1 amide bonds. The van der Waals surface area contributed by atoms with Crippen LogP contribution in [0.3, 0.4) is 0 Å². The Labute approximate surface area is 185 Å². The molecule has 1 aliphatic carbocycles. The monoisotopic (exact) mass is 415 g/mol. The SMILES string of the molecule is CC(C)(C)c1cc(CCC(=O)NC2CCC(C(C)(C)C)CC2)cc(C(C)(C)C)c1O. The van der Waals surface area contributed by atoms with Gasteiger partial charge in [0.15, 0.2) is 0 Å². The Kier molecular flexibility index (Phi) is 7.37. The molecular weight excluding hydrogens is 370 g/mol. The number of benzene rings is 1. The highest BCUT2D eigenvalue weighted by Gasteiger charge is 2.30. The number of carbonyl (C=O) groups is 1. The minimum absolute atomic E-state index is 0.145. The summed E-state index contributed by atoms with van der Waals surface area (Å²) in [6.45, 7) is 19.7. The van der Waals surface area contributed by atoms with Gasteiger partial charge in [-0.15, -0.1) is 0 Å². The lowest BCUT2D eigenvalue weighted by Crippen LogP contribution is -2.39. The number of carbonyl (C=O) groups excluding carboxylic acids is 1. The van der Waals surface area contributed by atoms with E-state index in [1.54, 1.807) is 0 Å². The average Bonchev–Trinajstić information content (AvgIpc) is 2.58. The van der Waals surface area contributed by atoms with Gasteiger partial charge in [-0.1, -0.05) is 74.4 Å². The summed E-state index contributed by atoms with van der Waals surface area (Å²) in [5.41, 5.74) is 3.14. The first-order valence-electron chi connectivity index (χ1n) is 11.7. The molecule has 0 saturated heterocycles. The number of amides is 1. The molecule has 1 aromatic rings. The molecule has 3 heteroatoms. The van der Waals surface area contributed by atoms with E-state index in [1.165, 1.54) is 12.8 Å². The number of hydrogen-bond donors (Lipinski definition) is 2. The lowest BCUT2D eigenvalue weighted by atomic mass is 9.71. The first-order chi connectivity index (χ1) is 13.6. The fourth-order valence-electron chi connectivity index (χ4n) is 4.64. The molecular formula is C27H45NO2. The van der Waals surface area contributed by atoms with E-state index in [1.807, 2.05) is 0 Å². The molecule has 170 valence electrons. The fourth-order valence-corrected chi connectivity index (χ4v) is 4.64. The third kappa shape index (κ3) is 6.49. The van der Waals surface area contributed by atoms with Crippen molar-refractivity contribution in [2.24, 2.45) is 11.3 Å². The Morgan fingerprint density at radius 3 is 1.77 bits per heavy atom. The molecule has 30 heavy (non-hydrogen) atoms. The van der Waals surface area contributed by atoms with Gasteiger partial charge in [0.05, 0.1) is 0 Å². The van der Waals surface area contributed by atoms with Crippen molar-refractivity contribution in [3.8, 4) is 5.75 Å². The number of aryl methyl sites for hydroxylation is 1. The predicted octanol–water partition coefficient (Wildman–Crippen LogP) is 6.64. The Morgan fingerprint density at radius 1 is 0.900 bits per heavy atom. The summed E-state index contributed by atoms with van der Waals surface area (Å²) in [5, 5.41) is 14.2. The molecule has 2 rings (SSSR count). The van der Waals surface area contributed by atoms with Crippen molar-refractivity contribution in [3.63, 3.8) is 0 Å². The van der Waals surface area contributed by atoms with Gasteiger partial charge in [-0.3, -0.25) is 4.79 Å². The molecule has 0 bridgehead atoms. The van der Waals surface area contributed by atoms with Crippen LogP contribution in [-0.2, 0) is 22.0 Å². The van der Waals surface area contributed by atoms with E-state index in [9.17, 15) is 9.90 Å². The summed E-state index contributed by atoms with van der Waals surface area (Å²) in [6, 6.07) is 4.50. The van der Waals surface area contributed by atoms with E-state index < -0.39 is 0 Å². The lowest BCUT2D eigenvalue weighted by Gasteiger charge is -2.37. The topological polar surface area (TPSA) is 49.3 Å². The second-order valence-corrected chi connectivity index (χ2v) is 12.5. The highest BCUT2D eigenvalue weighted by atomic mass is 16.3. The van der Waals surface area contributed by atoms with Crippen LogP contribution in [0.25, 0.3) is 0 Å². The normalized spacial score (nSPS) is 20.8. The number of hydrogen-bond acceptors (Lipinski definition) is 2. The van der Waals surface area contributed by atoms with Crippen molar-refractivity contribution in [2.45, 2.75) is 118 Å². The third-order valence-corrected chi connectivity index (χ3v) is 6.74. The fraction of sp³-hybridized carbons (Fsp3) is 0.741. The second-order valence-electron chi connectivity index (χ2n) is 12.5. The van der Waals surface area contributed by atoms with Gasteiger partial charge in [0, 0.05) is 12.5 Å². The standard InChI is InChI=1S/C27H45NO2/c1-25(2,3)19-11-13-20(14-12-19)28-23(29)15-10-18-16-21(26(4,5)6)24(30)22(17-18)27(7,8)9/h16-17,19-20,30H,10-15H2,1-9H3,(H,28,29). The molecule has 3 nitrogen and oxygen atoms in total. The van der Waals surface area contributed by atoms with E-state index in [2.05, 4.69) is 79.8 Å². The Hall–Kier alpha value is -1.51. The van der Waals surface area contributed by atoms with Crippen LogP contribution in [0.5, 0.6) is 5.75 Å². The quantitative estimate of drug-likeness (QED) is 0.579. The molecule has 0 radical (unpaired) electrons. The molecule has 0 aliphatic heterocycles. The number of rotatable bonds is 4. The highest BCUT2D eigenvalue weighted by Crippen LogP contribution is 2.40. The van der Waals surface area contributed by atoms with Crippen LogP contribution in [0.1, 0.15) is 111 Å². The zero-order valence-corrected chi connectivity index (χ0v) is 20.9. The Balaban J connectivity index is 2.03. The largest absolute Gasteiger partial charge is 0.507 e. The van der Waals surface area contributed by atoms with Gasteiger partial charge in [0.2, 0.25) is 5.91 Å². The van der Waals surface area contributed by atoms with Crippen LogP contribution in [0.2, 0.25) is 0 Å². The first-order valence-corrected chi connectivity index (χ1v) is 11.7. The van der Waals surface area contributed by atoms with E-state index >= 15 is 0 Å². The second kappa shape index (κ2) is 8.93. The molecule has 2 N–H and O–H groups in total. The lowest BCUT2D eigenvalue weighted by molar-refractivity contribution is -0.122. The van der Waals surface area contributed by atoms with E-state index in [0.717, 1.165) is 35.4 Å². The molecule has 1 fully saturated rings. The molecule has 1 aromatic carbocycles. The van der Waals surface area contributed by atoms with Crippen LogP contribution in [-0.4, -0.2) is 17.1 Å². The summed E-state index contributed by atoms with van der Waals surface area (Å²) in [4.78, 5) is 12.6. The van der Waals surface area contributed by atoms with Gasteiger partial charge >= 0.3 is 0 Å². The van der Waals surface area contributed by atoms with Gasteiger partial charge < -0.3 is 10.4 Å². The van der Waals surface area contributed by atoms with Crippen LogP contribution in [0.4, 0.5) is 0 Å². The minimum atomic E-state index is -0.145. The summed E-state index contributed by atoms with van der Waals surface area (Å²) in [6.07, 6.45) is 5.80. The summed E-state index contributed by atoms with van der Waals surface area (Å²) in [5.74, 6) is 1.31. The minimum Gasteiger partial charge on any atom is -0.507 e. The van der Waals surface area contributed by atoms with Crippen molar-refractivity contribution in [1.29, 1.82) is 0 Å². The zero-order valence-electron chi connectivity index (χ0n) is 20.9. The summed E-state index contributed by atoms with van der Waals surface area (Å²) < 4.78 is 0. The average molecular weight is 416 g/mol. The van der Waals surface area contributed by atoms with E-state index in [4.69, 9.17) is 0 Å². The van der Waals surface area contributed by atoms with Gasteiger partial charge in [0.25, 0.3) is 0 Å². The van der Waals surface area contributed by atoms with Crippen molar-refractivity contribution in [1.82, 2.24) is 5.32 Å². The van der Waals surface area contributed by atoms with E-state index in [-0.39, 0.29) is 16.7 Å². The number of aromatic hydroxyl groups is 1. The number of phenols is 1. The van der Waals surface area contributed by atoms with Crippen molar-refractivity contribution >= 4 is 5.91 Å². The van der Waals surface area contributed by atoms with Gasteiger partial charge in [-0.05, 0) is 71.0 Å². The molecule has 0 atom stereocenters. The molecule has 1 aliphatic rings. The predicted molar refractivity (Wildman–Crippen MR) is 127 cm³/mol. The van der Waals surface area contributed by atoms with Crippen LogP contribution in [0.15, 0.2) is 12.1 Å². The molecule has 1 saturated carbocycles. The number of phenolic OH excluding ortho intramolecular Hbond substituents is 1. The Morgan fingerprint density at radius 2 is 1.37 bits per heavy atom. The van der Waals surface area contributed by atoms with Gasteiger partial charge in [-0.25, -0.2) is 0 Å². The van der Waals surface area contributed by atoms with Gasteiger partial charge in [-0.2, -0.15) is 0 Å². The van der Waals surface area contributed by atoms with E-state index in [0.29, 0.717) is 30.0 Å². The molecule has 0 spiro atoms. The smallest absolute Gasteiger partial charge is 0.220 e. The molecule has 0 aromatic heterocycles. The number of nitrogens with one attached hydrogen (secondary N) is 1. The van der Waals surface area contributed by atoms with Crippen LogP contribution >= 0.6 is 0 Å². The van der Waals surface area contributed by atoms with Crippen LogP contribution in [0, 0.1) is 11.3 Å². The van der Waals surface area contributed by atoms with Crippen LogP contribution < -0.4 is 5.32 Å². The molecule has 0 heterocycles. The maximum atomic E-state index is 12.6. The first kappa shape index (κ1) is 24.8. The maximum absolute atomic E-state index is 12.6. The maximum Gasteiger partial charge on any atom is 0.220 e. The van der Waals surface area contributed by atoms with Crippen molar-refractivity contribution < 1.29 is 9.90 Å². The third-order valence-electron chi connectivity index (χ3n) is 6.74. The van der Waals surface area contributed by atoms with Crippen molar-refractivity contribution in [3.05, 3.63) is 28.8 Å².